The van der Waals surface area contributed by atoms with Gasteiger partial charge in [0.05, 0.1) is 5.92 Å². The maximum absolute atomic E-state index is 10.5. The molecule has 0 saturated carbocycles. The van der Waals surface area contributed by atoms with Gasteiger partial charge in [0, 0.05) is 6.08 Å². The Kier molecular flexibility index (Phi) is 7.07. The Morgan fingerprint density at radius 2 is 1.52 bits per heavy atom. The van der Waals surface area contributed by atoms with E-state index in [9.17, 15) is 9.59 Å². The molecule has 2 rings (SSSR count). The summed E-state index contributed by atoms with van der Waals surface area (Å²) >= 11 is 0. The molecule has 5 nitrogen and oxygen atoms in total. The summed E-state index contributed by atoms with van der Waals surface area (Å²) in [5.41, 5.74) is 1.59. The Morgan fingerprint density at radius 3 is 2.00 bits per heavy atom. The first-order chi connectivity index (χ1) is 10.9. The summed E-state index contributed by atoms with van der Waals surface area (Å²) in [4.78, 5) is 20.6. The van der Waals surface area contributed by atoms with Crippen molar-refractivity contribution in [2.24, 2.45) is 0 Å². The first-order valence-electron chi connectivity index (χ1n) is 6.88. The first kappa shape index (κ1) is 18.0. The van der Waals surface area contributed by atoms with Crippen LogP contribution in [0.5, 0.6) is 5.75 Å². The normalized spacial score (nSPS) is 11.3. The lowest BCUT2D eigenvalue weighted by atomic mass is 10.0. The van der Waals surface area contributed by atoms with E-state index in [1.165, 1.54) is 18.2 Å². The molecule has 0 heterocycles. The average Bonchev–Trinajstić information content (AvgIpc) is 2.55. The van der Waals surface area contributed by atoms with Gasteiger partial charge < -0.3 is 15.3 Å². The number of rotatable bonds is 4. The monoisotopic (exact) mass is 314 g/mol. The molecule has 2 aromatic rings. The summed E-state index contributed by atoms with van der Waals surface area (Å²) in [5, 5.41) is 25.8. The smallest absolute Gasteiger partial charge is 0.328 e. The number of carboxylic acid groups (broad SMARTS) is 2. The molecule has 0 aromatic heterocycles. The average molecular weight is 314 g/mol. The molecule has 0 saturated heterocycles. The molecule has 0 aliphatic carbocycles. The van der Waals surface area contributed by atoms with Gasteiger partial charge in [0.15, 0.2) is 0 Å². The van der Waals surface area contributed by atoms with Gasteiger partial charge in [-0.05, 0) is 36.3 Å². The molecule has 1 unspecified atom stereocenters. The van der Waals surface area contributed by atoms with Crippen LogP contribution in [-0.4, -0.2) is 27.3 Å². The van der Waals surface area contributed by atoms with E-state index in [4.69, 9.17) is 15.3 Å². The fourth-order valence-electron chi connectivity index (χ4n) is 1.64. The number of aromatic hydroxyl groups is 1. The molecule has 2 aromatic carbocycles. The lowest BCUT2D eigenvalue weighted by Crippen LogP contribution is -2.06. The second kappa shape index (κ2) is 9.04. The van der Waals surface area contributed by atoms with Crippen LogP contribution in [0.3, 0.4) is 0 Å². The number of carboxylic acids is 2. The van der Waals surface area contributed by atoms with Gasteiger partial charge in [-0.3, -0.25) is 4.79 Å². The summed E-state index contributed by atoms with van der Waals surface area (Å²) in [5.74, 6) is -2.00. The minimum atomic E-state index is -0.983. The second-order valence-electron chi connectivity index (χ2n) is 4.73. The maximum Gasteiger partial charge on any atom is 0.328 e. The van der Waals surface area contributed by atoms with Crippen molar-refractivity contribution in [3.05, 3.63) is 71.8 Å². The highest BCUT2D eigenvalue weighted by Gasteiger charge is 2.11. The molecule has 23 heavy (non-hydrogen) atoms. The van der Waals surface area contributed by atoms with Gasteiger partial charge in [0.1, 0.15) is 5.75 Å². The Hall–Kier alpha value is -3.08. The number of hydrogen-bond donors (Lipinski definition) is 3. The molecule has 5 heteroatoms. The van der Waals surface area contributed by atoms with Crippen LogP contribution >= 0.6 is 0 Å². The van der Waals surface area contributed by atoms with Gasteiger partial charge in [0.2, 0.25) is 0 Å². The van der Waals surface area contributed by atoms with Crippen LogP contribution in [0.2, 0.25) is 0 Å². The molecule has 0 amide bonds. The van der Waals surface area contributed by atoms with Crippen LogP contribution in [-0.2, 0) is 9.59 Å². The summed E-state index contributed by atoms with van der Waals surface area (Å²) in [6, 6.07) is 15.5. The zero-order chi connectivity index (χ0) is 17.2. The zero-order valence-corrected chi connectivity index (χ0v) is 12.6. The third-order valence-corrected chi connectivity index (χ3v) is 2.98. The van der Waals surface area contributed by atoms with Crippen molar-refractivity contribution in [3.63, 3.8) is 0 Å². The number of carbonyl (C=O) groups is 2. The third-order valence-electron chi connectivity index (χ3n) is 2.98. The van der Waals surface area contributed by atoms with Gasteiger partial charge in [-0.25, -0.2) is 4.79 Å². The number of benzene rings is 2. The highest BCUT2D eigenvalue weighted by molar-refractivity contribution is 5.85. The van der Waals surface area contributed by atoms with Crippen LogP contribution < -0.4 is 0 Å². The third kappa shape index (κ3) is 6.95. The standard InChI is InChI=1S/C9H8O3.C9H10O2/c10-8-4-1-7(2-5-8)3-6-9(11)12;1-7(9(10)11)8-5-3-2-4-6-8/h1-6,10H,(H,11,12);2-7H,1H3,(H,10,11)/b6-3+;. The molecular weight excluding hydrogens is 296 g/mol. The second-order valence-corrected chi connectivity index (χ2v) is 4.73. The predicted octanol–water partition coefficient (Wildman–Crippen LogP) is 3.36. The van der Waals surface area contributed by atoms with Crippen molar-refractivity contribution in [1.82, 2.24) is 0 Å². The van der Waals surface area contributed by atoms with Crippen molar-refractivity contribution < 1.29 is 24.9 Å². The largest absolute Gasteiger partial charge is 0.508 e. The van der Waals surface area contributed by atoms with Gasteiger partial charge >= 0.3 is 11.9 Å². The summed E-state index contributed by atoms with van der Waals surface area (Å²) in [6.45, 7) is 1.68. The van der Waals surface area contributed by atoms with E-state index in [1.54, 1.807) is 19.1 Å². The van der Waals surface area contributed by atoms with E-state index in [-0.39, 0.29) is 5.75 Å². The van der Waals surface area contributed by atoms with E-state index >= 15 is 0 Å². The van der Waals surface area contributed by atoms with Crippen molar-refractivity contribution in [2.75, 3.05) is 0 Å². The van der Waals surface area contributed by atoms with E-state index in [2.05, 4.69) is 0 Å². The van der Waals surface area contributed by atoms with E-state index in [1.807, 2.05) is 30.3 Å². The molecule has 3 N–H and O–H groups in total. The van der Waals surface area contributed by atoms with E-state index in [0.717, 1.165) is 17.2 Å². The van der Waals surface area contributed by atoms with Crippen LogP contribution in [0.1, 0.15) is 24.0 Å². The van der Waals surface area contributed by atoms with Crippen LogP contribution in [0, 0.1) is 0 Å². The fraction of sp³-hybridized carbons (Fsp3) is 0.111. The van der Waals surface area contributed by atoms with E-state index in [0.29, 0.717) is 0 Å². The summed E-state index contributed by atoms with van der Waals surface area (Å²) in [7, 11) is 0. The molecule has 0 spiro atoms. The van der Waals surface area contributed by atoms with Crippen molar-refractivity contribution in [3.8, 4) is 5.75 Å². The lowest BCUT2D eigenvalue weighted by molar-refractivity contribution is -0.138. The minimum absolute atomic E-state index is 0.169. The van der Waals surface area contributed by atoms with Gasteiger partial charge in [-0.2, -0.15) is 0 Å². The highest BCUT2D eigenvalue weighted by Crippen LogP contribution is 2.13. The molecular formula is C18H18O5. The van der Waals surface area contributed by atoms with Gasteiger partial charge in [0.25, 0.3) is 0 Å². The predicted molar refractivity (Wildman–Crippen MR) is 87.3 cm³/mol. The Morgan fingerprint density at radius 1 is 0.957 bits per heavy atom. The minimum Gasteiger partial charge on any atom is -0.508 e. The van der Waals surface area contributed by atoms with Gasteiger partial charge in [-0.1, -0.05) is 42.5 Å². The summed E-state index contributed by atoms with van der Waals surface area (Å²) < 4.78 is 0. The SMILES string of the molecule is CC(C(=O)O)c1ccccc1.O=C(O)/C=C/c1ccc(O)cc1. The summed E-state index contributed by atoms with van der Waals surface area (Å²) in [6.07, 6.45) is 2.51. The lowest BCUT2D eigenvalue weighted by Gasteiger charge is -2.04. The fourth-order valence-corrected chi connectivity index (χ4v) is 1.64. The van der Waals surface area contributed by atoms with Crippen LogP contribution in [0.25, 0.3) is 6.08 Å². The van der Waals surface area contributed by atoms with Gasteiger partial charge in [-0.15, -0.1) is 0 Å². The van der Waals surface area contributed by atoms with Crippen LogP contribution in [0.15, 0.2) is 60.7 Å². The Labute approximate surface area is 134 Å². The number of hydrogen-bond acceptors (Lipinski definition) is 3. The molecule has 0 radical (unpaired) electrons. The molecule has 0 fully saturated rings. The Bertz CT molecular complexity index is 660. The van der Waals surface area contributed by atoms with Crippen LogP contribution in [0.4, 0.5) is 0 Å². The maximum atomic E-state index is 10.5. The first-order valence-corrected chi connectivity index (χ1v) is 6.88. The number of phenols is 1. The molecule has 120 valence electrons. The molecule has 0 aliphatic rings. The molecule has 0 aliphatic heterocycles. The number of aliphatic carboxylic acids is 2. The van der Waals surface area contributed by atoms with Crippen molar-refractivity contribution in [2.45, 2.75) is 12.8 Å². The zero-order valence-electron chi connectivity index (χ0n) is 12.6. The van der Waals surface area contributed by atoms with Crippen molar-refractivity contribution >= 4 is 18.0 Å². The number of phenolic OH excluding ortho intramolecular Hbond substituents is 1. The molecule has 1 atom stereocenters. The molecule has 0 bridgehead atoms. The van der Waals surface area contributed by atoms with Crippen molar-refractivity contribution in [1.29, 1.82) is 0 Å². The quantitative estimate of drug-likeness (QED) is 0.752. The highest BCUT2D eigenvalue weighted by atomic mass is 16.4. The van der Waals surface area contributed by atoms with E-state index < -0.39 is 17.9 Å². The topological polar surface area (TPSA) is 94.8 Å². The Balaban J connectivity index is 0.000000231.